The van der Waals surface area contributed by atoms with Crippen LogP contribution in [0.1, 0.15) is 56.1 Å². The maximum atomic E-state index is 12.6. The van der Waals surface area contributed by atoms with Gasteiger partial charge >= 0.3 is 0 Å². The van der Waals surface area contributed by atoms with E-state index in [-0.39, 0.29) is 5.91 Å². The van der Waals surface area contributed by atoms with Crippen LogP contribution in [0.5, 0.6) is 0 Å². The van der Waals surface area contributed by atoms with Crippen LogP contribution in [0.4, 0.5) is 0 Å². The van der Waals surface area contributed by atoms with E-state index in [0.717, 1.165) is 45.1 Å². The van der Waals surface area contributed by atoms with Crippen LogP contribution >= 0.6 is 0 Å². The fraction of sp³-hybridized carbons (Fsp3) is 0.611. The zero-order valence-electron chi connectivity index (χ0n) is 12.7. The monoisotopic (exact) mass is 287 g/mol. The fourth-order valence-corrected chi connectivity index (χ4v) is 3.69. The van der Waals surface area contributed by atoms with Gasteiger partial charge in [-0.05, 0) is 36.8 Å². The minimum Gasteiger partial charge on any atom is -0.389 e. The summed E-state index contributed by atoms with van der Waals surface area (Å²) in [7, 11) is 0. The number of nitrogens with zero attached hydrogens (tertiary/aromatic N) is 1. The van der Waals surface area contributed by atoms with Crippen LogP contribution in [0.25, 0.3) is 0 Å². The Balaban J connectivity index is 1.67. The minimum absolute atomic E-state index is 0.121. The SMILES string of the molecule is O=C(CC1(O)CCCCC1)N1CCCc2ccccc2C1. The van der Waals surface area contributed by atoms with Gasteiger partial charge in [-0.3, -0.25) is 4.79 Å². The van der Waals surface area contributed by atoms with Gasteiger partial charge in [-0.2, -0.15) is 0 Å². The van der Waals surface area contributed by atoms with E-state index in [4.69, 9.17) is 0 Å². The zero-order chi connectivity index (χ0) is 14.7. The van der Waals surface area contributed by atoms with Crippen molar-refractivity contribution >= 4 is 5.91 Å². The first kappa shape index (κ1) is 14.6. The average Bonchev–Trinajstić information content (AvgIpc) is 2.69. The molecule has 1 saturated carbocycles. The molecule has 1 heterocycles. The largest absolute Gasteiger partial charge is 0.389 e. The van der Waals surface area contributed by atoms with Crippen molar-refractivity contribution in [3.63, 3.8) is 0 Å². The van der Waals surface area contributed by atoms with E-state index >= 15 is 0 Å². The molecule has 0 unspecified atom stereocenters. The molecule has 0 aromatic heterocycles. The summed E-state index contributed by atoms with van der Waals surface area (Å²) < 4.78 is 0. The standard InChI is InChI=1S/C18H25NO2/c20-17(13-18(21)10-4-1-5-11-18)19-12-6-9-15-7-2-3-8-16(15)14-19/h2-3,7-8,21H,1,4-6,9-14H2. The first-order chi connectivity index (χ1) is 10.2. The van der Waals surface area contributed by atoms with Crippen LogP contribution in [-0.2, 0) is 17.8 Å². The van der Waals surface area contributed by atoms with Gasteiger partial charge in [0.25, 0.3) is 0 Å². The van der Waals surface area contributed by atoms with E-state index in [0.29, 0.717) is 13.0 Å². The van der Waals surface area contributed by atoms with Gasteiger partial charge in [-0.1, -0.05) is 43.5 Å². The molecule has 3 nitrogen and oxygen atoms in total. The lowest BCUT2D eigenvalue weighted by molar-refractivity contribution is -0.138. The van der Waals surface area contributed by atoms with Crippen LogP contribution in [0.2, 0.25) is 0 Å². The number of carbonyl (C=O) groups excluding carboxylic acids is 1. The average molecular weight is 287 g/mol. The van der Waals surface area contributed by atoms with Crippen LogP contribution in [0.15, 0.2) is 24.3 Å². The Labute approximate surface area is 127 Å². The van der Waals surface area contributed by atoms with Crippen LogP contribution in [0.3, 0.4) is 0 Å². The quantitative estimate of drug-likeness (QED) is 0.908. The van der Waals surface area contributed by atoms with Crippen molar-refractivity contribution < 1.29 is 9.90 Å². The van der Waals surface area contributed by atoms with Crippen molar-refractivity contribution in [2.45, 2.75) is 63.5 Å². The summed E-state index contributed by atoms with van der Waals surface area (Å²) >= 11 is 0. The van der Waals surface area contributed by atoms with Crippen molar-refractivity contribution in [2.75, 3.05) is 6.54 Å². The second-order valence-electron chi connectivity index (χ2n) is 6.65. The summed E-state index contributed by atoms with van der Waals surface area (Å²) in [5.41, 5.74) is 1.88. The van der Waals surface area contributed by atoms with E-state index in [1.54, 1.807) is 0 Å². The molecule has 3 rings (SSSR count). The number of carbonyl (C=O) groups is 1. The Hall–Kier alpha value is -1.35. The Morgan fingerprint density at radius 2 is 1.81 bits per heavy atom. The number of benzene rings is 1. The highest BCUT2D eigenvalue weighted by Gasteiger charge is 2.33. The molecule has 1 aliphatic carbocycles. The van der Waals surface area contributed by atoms with Crippen molar-refractivity contribution in [1.82, 2.24) is 4.90 Å². The van der Waals surface area contributed by atoms with Crippen molar-refractivity contribution in [2.24, 2.45) is 0 Å². The summed E-state index contributed by atoms with van der Waals surface area (Å²) in [5, 5.41) is 10.6. The Morgan fingerprint density at radius 3 is 2.57 bits per heavy atom. The third-order valence-corrected chi connectivity index (χ3v) is 4.97. The van der Waals surface area contributed by atoms with Crippen molar-refractivity contribution in [3.05, 3.63) is 35.4 Å². The minimum atomic E-state index is -0.749. The molecule has 0 radical (unpaired) electrons. The van der Waals surface area contributed by atoms with Crippen LogP contribution in [0, 0.1) is 0 Å². The molecule has 21 heavy (non-hydrogen) atoms. The van der Waals surface area contributed by atoms with E-state index in [1.807, 2.05) is 11.0 Å². The highest BCUT2D eigenvalue weighted by molar-refractivity contribution is 5.77. The summed E-state index contributed by atoms with van der Waals surface area (Å²) in [4.78, 5) is 14.5. The Kier molecular flexibility index (Phi) is 4.29. The zero-order valence-corrected chi connectivity index (χ0v) is 12.7. The number of hydrogen-bond donors (Lipinski definition) is 1. The predicted molar refractivity (Wildman–Crippen MR) is 82.8 cm³/mol. The molecule has 0 saturated heterocycles. The first-order valence-electron chi connectivity index (χ1n) is 8.23. The van der Waals surface area contributed by atoms with Crippen molar-refractivity contribution in [3.8, 4) is 0 Å². The molecular weight excluding hydrogens is 262 g/mol. The lowest BCUT2D eigenvalue weighted by Crippen LogP contribution is -2.40. The molecule has 1 amide bonds. The molecule has 1 aliphatic heterocycles. The van der Waals surface area contributed by atoms with Gasteiger partial charge in [-0.25, -0.2) is 0 Å². The second-order valence-corrected chi connectivity index (χ2v) is 6.65. The number of rotatable bonds is 2. The third kappa shape index (κ3) is 3.46. The van der Waals surface area contributed by atoms with Gasteiger partial charge in [0.1, 0.15) is 0 Å². The highest BCUT2D eigenvalue weighted by atomic mass is 16.3. The maximum Gasteiger partial charge on any atom is 0.225 e. The number of amides is 1. The second kappa shape index (κ2) is 6.18. The predicted octanol–water partition coefficient (Wildman–Crippen LogP) is 3.05. The van der Waals surface area contributed by atoms with Gasteiger partial charge < -0.3 is 10.0 Å². The fourth-order valence-electron chi connectivity index (χ4n) is 3.69. The third-order valence-electron chi connectivity index (χ3n) is 4.97. The molecule has 0 atom stereocenters. The number of hydrogen-bond acceptors (Lipinski definition) is 2. The molecular formula is C18H25NO2. The maximum absolute atomic E-state index is 12.6. The Bertz CT molecular complexity index is 506. The van der Waals surface area contributed by atoms with Crippen LogP contribution in [-0.4, -0.2) is 28.1 Å². The van der Waals surface area contributed by atoms with Crippen LogP contribution < -0.4 is 0 Å². The summed E-state index contributed by atoms with van der Waals surface area (Å²) in [6, 6.07) is 8.40. The molecule has 2 aliphatic rings. The number of fused-ring (bicyclic) bond motifs is 1. The number of aliphatic hydroxyl groups is 1. The molecule has 1 fully saturated rings. The van der Waals surface area contributed by atoms with E-state index in [9.17, 15) is 9.90 Å². The molecule has 1 aromatic rings. The van der Waals surface area contributed by atoms with Crippen molar-refractivity contribution in [1.29, 1.82) is 0 Å². The Morgan fingerprint density at radius 1 is 1.10 bits per heavy atom. The first-order valence-corrected chi connectivity index (χ1v) is 8.23. The van der Waals surface area contributed by atoms with Gasteiger partial charge in [0.2, 0.25) is 5.91 Å². The molecule has 1 N–H and O–H groups in total. The normalized spacial score (nSPS) is 21.5. The number of aryl methyl sites for hydroxylation is 1. The lowest BCUT2D eigenvalue weighted by atomic mass is 9.82. The molecule has 0 spiro atoms. The molecule has 3 heteroatoms. The van der Waals surface area contributed by atoms with E-state index in [1.165, 1.54) is 17.5 Å². The van der Waals surface area contributed by atoms with Gasteiger partial charge in [0, 0.05) is 13.1 Å². The van der Waals surface area contributed by atoms with Gasteiger partial charge in [0.05, 0.1) is 12.0 Å². The summed E-state index contributed by atoms with van der Waals surface area (Å²) in [6.45, 7) is 1.51. The van der Waals surface area contributed by atoms with E-state index < -0.39 is 5.60 Å². The van der Waals surface area contributed by atoms with Gasteiger partial charge in [0.15, 0.2) is 0 Å². The molecule has 0 bridgehead atoms. The topological polar surface area (TPSA) is 40.5 Å². The smallest absolute Gasteiger partial charge is 0.225 e. The molecule has 114 valence electrons. The van der Waals surface area contributed by atoms with E-state index in [2.05, 4.69) is 18.2 Å². The molecule has 1 aromatic carbocycles. The van der Waals surface area contributed by atoms with Gasteiger partial charge in [-0.15, -0.1) is 0 Å². The summed E-state index contributed by atoms with van der Waals surface area (Å²) in [6.07, 6.45) is 7.21. The lowest BCUT2D eigenvalue weighted by Gasteiger charge is -2.33. The highest BCUT2D eigenvalue weighted by Crippen LogP contribution is 2.32. The summed E-state index contributed by atoms with van der Waals surface area (Å²) in [5.74, 6) is 0.121.